The second-order valence-corrected chi connectivity index (χ2v) is 9.85. The van der Waals surface area contributed by atoms with Crippen LogP contribution < -0.4 is 19.5 Å². The van der Waals surface area contributed by atoms with Gasteiger partial charge in [0.05, 0.1) is 22.8 Å². The van der Waals surface area contributed by atoms with Crippen molar-refractivity contribution in [2.24, 2.45) is 5.92 Å². The van der Waals surface area contributed by atoms with Crippen LogP contribution in [0.5, 0.6) is 11.6 Å². The zero-order valence-electron chi connectivity index (χ0n) is 18.8. The number of aromatic nitrogens is 2. The van der Waals surface area contributed by atoms with E-state index in [1.165, 1.54) is 0 Å². The summed E-state index contributed by atoms with van der Waals surface area (Å²) in [6.07, 6.45) is -0.843. The monoisotopic (exact) mass is 498 g/mol. The fraction of sp³-hybridized carbons (Fsp3) is 0.409. The Kier molecular flexibility index (Phi) is 8.64. The van der Waals surface area contributed by atoms with Crippen LogP contribution >= 0.6 is 0 Å². The fourth-order valence-corrected chi connectivity index (χ4v) is 4.75. The van der Waals surface area contributed by atoms with Crippen LogP contribution in [-0.4, -0.2) is 55.8 Å². The summed E-state index contributed by atoms with van der Waals surface area (Å²) in [7, 11) is -3.46. The summed E-state index contributed by atoms with van der Waals surface area (Å²) < 4.78 is 61.5. The molecule has 1 aromatic heterocycles. The molecule has 2 aromatic carbocycles. The Morgan fingerprint density at radius 3 is 2.71 bits per heavy atom. The summed E-state index contributed by atoms with van der Waals surface area (Å²) in [5, 5.41) is 20.3. The highest BCUT2D eigenvalue weighted by atomic mass is 32.2. The molecule has 0 amide bonds. The number of benzene rings is 2. The maximum absolute atomic E-state index is 12.4. The highest BCUT2D eigenvalue weighted by Gasteiger charge is 2.15. The number of hydrogen-bond acceptors (Lipinski definition) is 7. The molecule has 4 N–H and O–H groups in total. The van der Waals surface area contributed by atoms with Crippen LogP contribution in [0.3, 0.4) is 0 Å². The largest absolute Gasteiger partial charge is 0.492 e. The quantitative estimate of drug-likeness (QED) is 0.267. The third-order valence-corrected chi connectivity index (χ3v) is 6.34. The van der Waals surface area contributed by atoms with Crippen LogP contribution in [0.25, 0.3) is 10.9 Å². The van der Waals surface area contributed by atoms with Crippen molar-refractivity contribution < 1.29 is 31.8 Å². The predicted octanol–water partition coefficient (Wildman–Crippen LogP) is 3.26. The van der Waals surface area contributed by atoms with Gasteiger partial charge in [0.1, 0.15) is 12.4 Å². The van der Waals surface area contributed by atoms with Gasteiger partial charge in [-0.15, -0.1) is 5.10 Å². The van der Waals surface area contributed by atoms with E-state index >= 15 is 0 Å². The zero-order chi connectivity index (χ0) is 24.7. The predicted molar refractivity (Wildman–Crippen MR) is 125 cm³/mol. The number of nitrogens with one attached hydrogen (secondary N) is 3. The van der Waals surface area contributed by atoms with Crippen LogP contribution in [-0.2, 0) is 10.0 Å². The number of aliphatic hydroxyl groups excluding tert-OH is 1. The third kappa shape index (κ3) is 7.54. The van der Waals surface area contributed by atoms with Gasteiger partial charge < -0.3 is 19.9 Å². The van der Waals surface area contributed by atoms with Crippen molar-refractivity contribution in [3.8, 4) is 11.6 Å². The van der Waals surface area contributed by atoms with E-state index in [2.05, 4.69) is 25.0 Å². The normalized spacial score (nSPS) is 12.9. The van der Waals surface area contributed by atoms with E-state index in [0.717, 1.165) is 0 Å². The molecule has 3 rings (SSSR count). The first kappa shape index (κ1) is 25.7. The van der Waals surface area contributed by atoms with Crippen LogP contribution in [0.1, 0.15) is 25.5 Å². The van der Waals surface area contributed by atoms with E-state index in [4.69, 9.17) is 4.74 Å². The topological polar surface area (TPSA) is 126 Å². The molecule has 0 bridgehead atoms. The minimum Gasteiger partial charge on any atom is -0.492 e. The van der Waals surface area contributed by atoms with Crippen molar-refractivity contribution in [3.63, 3.8) is 0 Å². The molecule has 1 heterocycles. The highest BCUT2D eigenvalue weighted by Crippen LogP contribution is 2.27. The standard InChI is InChI=1S/C22H28F2N4O5S/c1-14(2)13-34(30,31)28-16-5-3-4-15(10-16)20(29)12-25-8-9-32-17-6-7-18-19(11-17)26-27-21(18)33-22(23)24/h3-7,10-11,14,20,22,25,28-29H,8-9,12-13H2,1-2H3,(H,26,27). The Hall–Kier alpha value is -2.96. The summed E-state index contributed by atoms with van der Waals surface area (Å²) in [5.74, 6) is 0.350. The third-order valence-electron chi connectivity index (χ3n) is 4.68. The van der Waals surface area contributed by atoms with Gasteiger partial charge in [-0.25, -0.2) is 8.42 Å². The molecule has 3 aromatic rings. The average Bonchev–Trinajstić information content (AvgIpc) is 3.13. The second kappa shape index (κ2) is 11.4. The molecule has 0 saturated heterocycles. The summed E-state index contributed by atoms with van der Waals surface area (Å²) >= 11 is 0. The van der Waals surface area contributed by atoms with Crippen LogP contribution in [0, 0.1) is 5.92 Å². The van der Waals surface area contributed by atoms with Gasteiger partial charge in [-0.3, -0.25) is 9.82 Å². The van der Waals surface area contributed by atoms with Gasteiger partial charge in [0.25, 0.3) is 0 Å². The van der Waals surface area contributed by atoms with E-state index in [-0.39, 0.29) is 24.1 Å². The van der Waals surface area contributed by atoms with Gasteiger partial charge in [0, 0.05) is 24.8 Å². The Bertz CT molecular complexity index is 1190. The summed E-state index contributed by atoms with van der Waals surface area (Å²) in [4.78, 5) is 0. The number of alkyl halides is 2. The molecular weight excluding hydrogens is 470 g/mol. The molecule has 9 nitrogen and oxygen atoms in total. The molecule has 0 fully saturated rings. The van der Waals surface area contributed by atoms with E-state index in [9.17, 15) is 22.3 Å². The number of ether oxygens (including phenoxy) is 2. The molecule has 0 aliphatic rings. The molecule has 0 radical (unpaired) electrons. The first-order valence-electron chi connectivity index (χ1n) is 10.7. The van der Waals surface area contributed by atoms with Crippen LogP contribution in [0.15, 0.2) is 42.5 Å². The number of H-pyrrole nitrogens is 1. The fourth-order valence-electron chi connectivity index (χ4n) is 3.30. The second-order valence-electron chi connectivity index (χ2n) is 8.09. The van der Waals surface area contributed by atoms with Crippen molar-refractivity contribution >= 4 is 26.6 Å². The number of hydrogen-bond donors (Lipinski definition) is 4. The lowest BCUT2D eigenvalue weighted by Gasteiger charge is -2.15. The van der Waals surface area contributed by atoms with Crippen molar-refractivity contribution in [1.29, 1.82) is 0 Å². The zero-order valence-corrected chi connectivity index (χ0v) is 19.6. The minimum absolute atomic E-state index is 0.00364. The Morgan fingerprint density at radius 2 is 1.97 bits per heavy atom. The number of nitrogens with zero attached hydrogens (tertiary/aromatic N) is 1. The molecule has 0 aliphatic heterocycles. The number of halogens is 2. The summed E-state index contributed by atoms with van der Waals surface area (Å²) in [6.45, 7) is 1.65. The molecule has 34 heavy (non-hydrogen) atoms. The Balaban J connectivity index is 1.45. The SMILES string of the molecule is CC(C)CS(=O)(=O)Nc1cccc(C(O)CNCCOc2ccc3c(OC(F)F)n[nH]c3c2)c1. The van der Waals surface area contributed by atoms with Crippen LogP contribution in [0.4, 0.5) is 14.5 Å². The van der Waals surface area contributed by atoms with Crippen molar-refractivity contribution in [1.82, 2.24) is 15.5 Å². The van der Waals surface area contributed by atoms with Gasteiger partial charge in [-0.1, -0.05) is 26.0 Å². The van der Waals surface area contributed by atoms with Crippen LogP contribution in [0.2, 0.25) is 0 Å². The lowest BCUT2D eigenvalue weighted by atomic mass is 10.1. The van der Waals surface area contributed by atoms with E-state index < -0.39 is 22.7 Å². The van der Waals surface area contributed by atoms with Gasteiger partial charge >= 0.3 is 6.61 Å². The van der Waals surface area contributed by atoms with Gasteiger partial charge in [0.15, 0.2) is 0 Å². The molecular formula is C22H28F2N4O5S. The number of rotatable bonds is 13. The Labute approximate surface area is 196 Å². The molecule has 1 atom stereocenters. The molecule has 0 spiro atoms. The number of sulfonamides is 1. The summed E-state index contributed by atoms with van der Waals surface area (Å²) in [6, 6.07) is 11.5. The van der Waals surface area contributed by atoms with Crippen molar-refractivity contribution in [3.05, 3.63) is 48.0 Å². The molecule has 0 aliphatic carbocycles. The van der Waals surface area contributed by atoms with Gasteiger partial charge in [0.2, 0.25) is 15.9 Å². The first-order valence-corrected chi connectivity index (χ1v) is 12.3. The van der Waals surface area contributed by atoms with E-state index in [0.29, 0.717) is 41.1 Å². The first-order chi connectivity index (χ1) is 16.1. The van der Waals surface area contributed by atoms with Gasteiger partial charge in [-0.2, -0.15) is 8.78 Å². The average molecular weight is 499 g/mol. The molecule has 12 heteroatoms. The lowest BCUT2D eigenvalue weighted by molar-refractivity contribution is -0.0518. The van der Waals surface area contributed by atoms with Gasteiger partial charge in [-0.05, 0) is 35.7 Å². The van der Waals surface area contributed by atoms with Crippen molar-refractivity contribution in [2.75, 3.05) is 30.2 Å². The smallest absolute Gasteiger partial charge is 0.388 e. The Morgan fingerprint density at radius 1 is 1.18 bits per heavy atom. The van der Waals surface area contributed by atoms with E-state index in [1.54, 1.807) is 42.5 Å². The number of aliphatic hydroxyl groups is 1. The molecule has 1 unspecified atom stereocenters. The lowest BCUT2D eigenvalue weighted by Crippen LogP contribution is -2.26. The number of aromatic amines is 1. The number of anilines is 1. The minimum atomic E-state index is -3.46. The highest BCUT2D eigenvalue weighted by molar-refractivity contribution is 7.92. The molecule has 186 valence electrons. The maximum Gasteiger partial charge on any atom is 0.388 e. The molecule has 0 saturated carbocycles. The number of fused-ring (bicyclic) bond motifs is 1. The summed E-state index contributed by atoms with van der Waals surface area (Å²) in [5.41, 5.74) is 1.47. The maximum atomic E-state index is 12.4. The van der Waals surface area contributed by atoms with E-state index in [1.807, 2.05) is 13.8 Å². The van der Waals surface area contributed by atoms with Crippen molar-refractivity contribution in [2.45, 2.75) is 26.6 Å².